The van der Waals surface area contributed by atoms with Gasteiger partial charge in [-0.2, -0.15) is 0 Å². The maximum atomic E-state index is 8.25. The minimum Gasteiger partial charge on any atom is -0.367 e. The fourth-order valence-electron chi connectivity index (χ4n) is 0.130. The van der Waals surface area contributed by atoms with E-state index in [1.165, 1.54) is 0 Å². The maximum absolute atomic E-state index is 8.25. The molecule has 0 spiro atoms. The van der Waals surface area contributed by atoms with Crippen LogP contribution in [0.1, 0.15) is 0 Å². The highest BCUT2D eigenvalue weighted by Crippen LogP contribution is 2.15. The van der Waals surface area contributed by atoms with Gasteiger partial charge in [-0.1, -0.05) is 0 Å². The molecule has 0 aliphatic heterocycles. The monoisotopic (exact) mass is 178 g/mol. The van der Waals surface area contributed by atoms with Gasteiger partial charge in [0.1, 0.15) is 10.2 Å². The Hall–Kier alpha value is 0.790. The van der Waals surface area contributed by atoms with E-state index >= 15 is 0 Å². The van der Waals surface area contributed by atoms with Crippen LogP contribution in [0.25, 0.3) is 0 Å². The lowest BCUT2D eigenvalue weighted by atomic mass is 10.5. The summed E-state index contributed by atoms with van der Waals surface area (Å²) in [5, 5.41) is 15.5. The van der Waals surface area contributed by atoms with Gasteiger partial charge in [-0.15, -0.1) is 34.8 Å². The number of halogens is 3. The van der Waals surface area contributed by atoms with Gasteiger partial charge in [-0.3, -0.25) is 0 Å². The summed E-state index contributed by atoms with van der Waals surface area (Å²) in [4.78, 5) is -0.948. The topological polar surface area (TPSA) is 40.5 Å². The van der Waals surface area contributed by atoms with E-state index in [0.717, 1.165) is 0 Å². The van der Waals surface area contributed by atoms with E-state index in [1.807, 2.05) is 0 Å². The zero-order valence-electron chi connectivity index (χ0n) is 3.76. The molecule has 0 aliphatic rings. The first-order valence-electron chi connectivity index (χ1n) is 1.84. The molecule has 0 aliphatic carbocycles. The van der Waals surface area contributed by atoms with Crippen molar-refractivity contribution in [3.63, 3.8) is 0 Å². The van der Waals surface area contributed by atoms with Gasteiger partial charge >= 0.3 is 0 Å². The van der Waals surface area contributed by atoms with Gasteiger partial charge in [0.15, 0.2) is 6.29 Å². The number of hydrogen-bond donors (Lipinski definition) is 2. The number of aliphatic hydroxyl groups excluding tert-OH is 1. The van der Waals surface area contributed by atoms with Crippen molar-refractivity contribution in [3.8, 4) is 0 Å². The quantitative estimate of drug-likeness (QED) is 0.484. The SMILES string of the molecule is OC(O)C(Cl)C(Cl)Cl. The van der Waals surface area contributed by atoms with Crippen molar-refractivity contribution in [2.45, 2.75) is 16.5 Å². The Morgan fingerprint density at radius 1 is 1.00 bits per heavy atom. The molecule has 0 radical (unpaired) electrons. The average molecular weight is 179 g/mol. The third kappa shape index (κ3) is 2.95. The van der Waals surface area contributed by atoms with E-state index in [0.29, 0.717) is 0 Å². The molecular formula is C3H5Cl3O2. The van der Waals surface area contributed by atoms with Gasteiger partial charge < -0.3 is 10.2 Å². The van der Waals surface area contributed by atoms with Crippen LogP contribution in [0.5, 0.6) is 0 Å². The third-order valence-corrected chi connectivity index (χ3v) is 1.80. The molecule has 0 aromatic heterocycles. The molecule has 0 saturated heterocycles. The number of rotatable bonds is 2. The summed E-state index contributed by atoms with van der Waals surface area (Å²) < 4.78 is 0. The molecule has 0 rings (SSSR count). The number of alkyl halides is 3. The zero-order valence-corrected chi connectivity index (χ0v) is 6.03. The van der Waals surface area contributed by atoms with E-state index in [9.17, 15) is 0 Å². The largest absolute Gasteiger partial charge is 0.367 e. The molecule has 0 saturated carbocycles. The van der Waals surface area contributed by atoms with Crippen molar-refractivity contribution in [2.75, 3.05) is 0 Å². The smallest absolute Gasteiger partial charge is 0.170 e. The minimum absolute atomic E-state index is 0.948. The molecule has 1 unspecified atom stereocenters. The predicted molar refractivity (Wildman–Crippen MR) is 33.4 cm³/mol. The van der Waals surface area contributed by atoms with Crippen molar-refractivity contribution >= 4 is 34.8 Å². The van der Waals surface area contributed by atoms with Crippen LogP contribution in [0.3, 0.4) is 0 Å². The first-order chi connectivity index (χ1) is 3.55. The van der Waals surface area contributed by atoms with Crippen molar-refractivity contribution in [1.29, 1.82) is 0 Å². The molecule has 2 N–H and O–H groups in total. The van der Waals surface area contributed by atoms with Crippen molar-refractivity contribution < 1.29 is 10.2 Å². The molecule has 0 fully saturated rings. The van der Waals surface area contributed by atoms with E-state index in [1.54, 1.807) is 0 Å². The van der Waals surface area contributed by atoms with Crippen LogP contribution < -0.4 is 0 Å². The second-order valence-corrected chi connectivity index (χ2v) is 2.86. The van der Waals surface area contributed by atoms with Crippen molar-refractivity contribution in [2.24, 2.45) is 0 Å². The Balaban J connectivity index is 3.46. The number of aliphatic hydroxyl groups is 2. The Bertz CT molecular complexity index is 57.5. The van der Waals surface area contributed by atoms with Gasteiger partial charge in [0.25, 0.3) is 0 Å². The van der Waals surface area contributed by atoms with Crippen LogP contribution in [0.4, 0.5) is 0 Å². The van der Waals surface area contributed by atoms with Gasteiger partial charge in [-0.05, 0) is 0 Å². The lowest BCUT2D eigenvalue weighted by molar-refractivity contribution is -0.0391. The Labute approximate surface area is 62.0 Å². The highest BCUT2D eigenvalue weighted by Gasteiger charge is 2.20. The average Bonchev–Trinajstić information content (AvgIpc) is 1.64. The van der Waals surface area contributed by atoms with Gasteiger partial charge in [0.05, 0.1) is 0 Å². The second-order valence-electron chi connectivity index (χ2n) is 1.19. The van der Waals surface area contributed by atoms with E-state index in [2.05, 4.69) is 0 Å². The van der Waals surface area contributed by atoms with Crippen molar-refractivity contribution in [3.05, 3.63) is 0 Å². The summed E-state index contributed by atoms with van der Waals surface area (Å²) in [5.74, 6) is 0. The summed E-state index contributed by atoms with van der Waals surface area (Å²) in [6.07, 6.45) is -1.66. The van der Waals surface area contributed by atoms with Crippen LogP contribution in [-0.2, 0) is 0 Å². The van der Waals surface area contributed by atoms with Crippen LogP contribution in [-0.4, -0.2) is 26.7 Å². The molecule has 50 valence electrons. The highest BCUT2D eigenvalue weighted by molar-refractivity contribution is 6.48. The molecule has 8 heavy (non-hydrogen) atoms. The highest BCUT2D eigenvalue weighted by atomic mass is 35.5. The fraction of sp³-hybridized carbons (Fsp3) is 1.00. The normalized spacial score (nSPS) is 15.4. The molecule has 2 nitrogen and oxygen atoms in total. The van der Waals surface area contributed by atoms with E-state index < -0.39 is 16.5 Å². The minimum atomic E-state index is -1.66. The molecule has 0 aromatic rings. The summed E-state index contributed by atoms with van der Waals surface area (Å²) >= 11 is 15.5. The molecule has 5 heteroatoms. The van der Waals surface area contributed by atoms with Crippen LogP contribution >= 0.6 is 34.8 Å². The van der Waals surface area contributed by atoms with Gasteiger partial charge in [-0.25, -0.2) is 0 Å². The Kier molecular flexibility index (Phi) is 4.12. The molecule has 1 atom stereocenters. The lowest BCUT2D eigenvalue weighted by Gasteiger charge is -2.10. The Morgan fingerprint density at radius 3 is 1.38 bits per heavy atom. The molecule has 0 heterocycles. The molecule has 0 aromatic carbocycles. The summed E-state index contributed by atoms with van der Waals surface area (Å²) in [6.45, 7) is 0. The number of hydrogen-bond acceptors (Lipinski definition) is 2. The van der Waals surface area contributed by atoms with Crippen LogP contribution in [0.15, 0.2) is 0 Å². The summed E-state index contributed by atoms with van der Waals surface area (Å²) in [6, 6.07) is 0. The second kappa shape index (κ2) is 3.75. The summed E-state index contributed by atoms with van der Waals surface area (Å²) in [7, 11) is 0. The molecule has 0 amide bonds. The maximum Gasteiger partial charge on any atom is 0.170 e. The predicted octanol–water partition coefficient (Wildman–Crippen LogP) is 0.708. The van der Waals surface area contributed by atoms with E-state index in [4.69, 9.17) is 45.0 Å². The lowest BCUT2D eigenvalue weighted by Crippen LogP contribution is -2.25. The fourth-order valence-corrected chi connectivity index (χ4v) is 0.390. The molecular weight excluding hydrogens is 174 g/mol. The zero-order chi connectivity index (χ0) is 6.73. The Morgan fingerprint density at radius 2 is 1.38 bits per heavy atom. The third-order valence-electron chi connectivity index (χ3n) is 0.526. The standard InChI is InChI=1S/C3H5Cl3O2/c4-1(2(5)6)3(7)8/h1-3,7-8H. The first-order valence-corrected chi connectivity index (χ1v) is 3.15. The van der Waals surface area contributed by atoms with Crippen LogP contribution in [0, 0.1) is 0 Å². The van der Waals surface area contributed by atoms with Crippen LogP contribution in [0.2, 0.25) is 0 Å². The van der Waals surface area contributed by atoms with Gasteiger partial charge in [0, 0.05) is 0 Å². The van der Waals surface area contributed by atoms with Crippen molar-refractivity contribution in [1.82, 2.24) is 0 Å². The van der Waals surface area contributed by atoms with Gasteiger partial charge in [0.2, 0.25) is 0 Å². The molecule has 0 bridgehead atoms. The summed E-state index contributed by atoms with van der Waals surface area (Å²) in [5.41, 5.74) is 0. The van der Waals surface area contributed by atoms with E-state index in [-0.39, 0.29) is 0 Å². The first kappa shape index (κ1) is 8.79.